The Bertz CT molecular complexity index is 1200. The van der Waals surface area contributed by atoms with Crippen molar-refractivity contribution in [2.75, 3.05) is 29.4 Å². The Kier molecular flexibility index (Phi) is 5.87. The SMILES string of the molecule is C[C@H]1CN(c2cccc3c2C2(CC2)C(=O)N3C2CCC(=O)NC2=O)CCN1C1CC(C(=O)OC(C)(C)C)C1. The lowest BCUT2D eigenvalue weighted by molar-refractivity contribution is -0.166. The Balaban J connectivity index is 1.17. The van der Waals surface area contributed by atoms with Crippen molar-refractivity contribution < 1.29 is 23.9 Å². The molecule has 3 heterocycles. The van der Waals surface area contributed by atoms with Crippen molar-refractivity contribution in [2.24, 2.45) is 5.92 Å². The van der Waals surface area contributed by atoms with Crippen LogP contribution in [0.5, 0.6) is 0 Å². The van der Waals surface area contributed by atoms with Crippen LogP contribution in [0.4, 0.5) is 11.4 Å². The average molecular weight is 523 g/mol. The molecule has 2 aliphatic carbocycles. The fraction of sp³-hybridized carbons (Fsp3) is 0.655. The van der Waals surface area contributed by atoms with Gasteiger partial charge in [0.1, 0.15) is 11.6 Å². The second kappa shape index (κ2) is 8.79. The van der Waals surface area contributed by atoms with Crippen LogP contribution in [0.2, 0.25) is 0 Å². The van der Waals surface area contributed by atoms with Gasteiger partial charge in [-0.2, -0.15) is 0 Å². The second-order valence-electron chi connectivity index (χ2n) is 12.8. The van der Waals surface area contributed by atoms with E-state index in [1.54, 1.807) is 4.90 Å². The minimum absolute atomic E-state index is 0.00351. The summed E-state index contributed by atoms with van der Waals surface area (Å²) >= 11 is 0. The Morgan fingerprint density at radius 3 is 2.42 bits per heavy atom. The van der Waals surface area contributed by atoms with Crippen molar-refractivity contribution in [1.29, 1.82) is 0 Å². The van der Waals surface area contributed by atoms with Gasteiger partial charge in [-0.1, -0.05) is 6.07 Å². The highest BCUT2D eigenvalue weighted by Gasteiger charge is 2.62. The molecule has 38 heavy (non-hydrogen) atoms. The van der Waals surface area contributed by atoms with E-state index in [2.05, 4.69) is 28.1 Å². The van der Waals surface area contributed by atoms with E-state index in [0.29, 0.717) is 18.5 Å². The van der Waals surface area contributed by atoms with Gasteiger partial charge in [0.05, 0.1) is 17.0 Å². The number of fused-ring (bicyclic) bond motifs is 2. The van der Waals surface area contributed by atoms with E-state index < -0.39 is 17.1 Å². The van der Waals surface area contributed by atoms with Gasteiger partial charge in [-0.15, -0.1) is 0 Å². The molecule has 9 heteroatoms. The van der Waals surface area contributed by atoms with Gasteiger partial charge in [0.25, 0.3) is 0 Å². The van der Waals surface area contributed by atoms with Gasteiger partial charge in [0, 0.05) is 49.4 Å². The molecule has 2 saturated heterocycles. The number of rotatable bonds is 4. The first kappa shape index (κ1) is 25.3. The summed E-state index contributed by atoms with van der Waals surface area (Å²) in [6, 6.07) is 6.12. The second-order valence-corrected chi connectivity index (χ2v) is 12.8. The predicted octanol–water partition coefficient (Wildman–Crippen LogP) is 2.50. The van der Waals surface area contributed by atoms with Gasteiger partial charge in [-0.3, -0.25) is 34.3 Å². The van der Waals surface area contributed by atoms with Gasteiger partial charge in [-0.05, 0) is 71.9 Å². The summed E-state index contributed by atoms with van der Waals surface area (Å²) in [5.41, 5.74) is 1.99. The molecule has 1 unspecified atom stereocenters. The van der Waals surface area contributed by atoms with Crippen LogP contribution in [0, 0.1) is 5.92 Å². The van der Waals surface area contributed by atoms with Gasteiger partial charge in [0.15, 0.2) is 0 Å². The van der Waals surface area contributed by atoms with Crippen molar-refractivity contribution in [3.63, 3.8) is 0 Å². The molecule has 3 amide bonds. The lowest BCUT2D eigenvalue weighted by Gasteiger charge is -2.50. The van der Waals surface area contributed by atoms with Gasteiger partial charge < -0.3 is 9.64 Å². The van der Waals surface area contributed by atoms with E-state index in [1.165, 1.54) is 0 Å². The molecule has 0 bridgehead atoms. The number of carbonyl (C=O) groups excluding carboxylic acids is 4. The van der Waals surface area contributed by atoms with Crippen LogP contribution in [0.3, 0.4) is 0 Å². The van der Waals surface area contributed by atoms with E-state index >= 15 is 0 Å². The number of piperazine rings is 1. The Labute approximate surface area is 223 Å². The zero-order valence-corrected chi connectivity index (χ0v) is 22.8. The fourth-order valence-electron chi connectivity index (χ4n) is 6.93. The fourth-order valence-corrected chi connectivity index (χ4v) is 6.93. The average Bonchev–Trinajstić information content (AvgIpc) is 3.56. The number of benzene rings is 1. The van der Waals surface area contributed by atoms with E-state index in [4.69, 9.17) is 4.74 Å². The molecule has 1 aromatic carbocycles. The molecule has 204 valence electrons. The molecular formula is C29H38N4O5. The number of imide groups is 1. The van der Waals surface area contributed by atoms with Crippen LogP contribution >= 0.6 is 0 Å². The molecule has 9 nitrogen and oxygen atoms in total. The number of esters is 1. The first-order valence-electron chi connectivity index (χ1n) is 14.0. The van der Waals surface area contributed by atoms with Gasteiger partial charge >= 0.3 is 5.97 Å². The predicted molar refractivity (Wildman–Crippen MR) is 142 cm³/mol. The summed E-state index contributed by atoms with van der Waals surface area (Å²) in [6.07, 6.45) is 3.89. The summed E-state index contributed by atoms with van der Waals surface area (Å²) < 4.78 is 5.58. The van der Waals surface area contributed by atoms with Gasteiger partial charge in [0.2, 0.25) is 17.7 Å². The van der Waals surface area contributed by atoms with Crippen molar-refractivity contribution in [3.05, 3.63) is 23.8 Å². The molecule has 4 fully saturated rings. The zero-order valence-electron chi connectivity index (χ0n) is 22.8. The first-order chi connectivity index (χ1) is 18.0. The largest absolute Gasteiger partial charge is 0.460 e. The maximum atomic E-state index is 13.7. The topological polar surface area (TPSA) is 99.3 Å². The standard InChI is InChI=1S/C29H38N4O5/c1-17-16-31(12-13-32(17)19-14-18(15-19)26(36)38-28(2,3)4)20-6-5-7-21-24(20)29(10-11-29)27(37)33(21)22-8-9-23(34)30-25(22)35/h5-7,17-19,22H,8-16H2,1-4H3,(H,30,34,35)/t17-,18?,19?,22?/m0/s1. The molecule has 5 aliphatic rings. The Morgan fingerprint density at radius 2 is 1.79 bits per heavy atom. The highest BCUT2D eigenvalue weighted by molar-refractivity contribution is 6.16. The number of piperidine rings is 1. The molecule has 3 aliphatic heterocycles. The normalized spacial score (nSPS) is 30.7. The summed E-state index contributed by atoms with van der Waals surface area (Å²) in [5, 5.41) is 2.42. The molecule has 2 saturated carbocycles. The third kappa shape index (κ3) is 4.10. The summed E-state index contributed by atoms with van der Waals surface area (Å²) in [4.78, 5) is 57.2. The van der Waals surface area contributed by atoms with E-state index in [1.807, 2.05) is 32.9 Å². The van der Waals surface area contributed by atoms with Crippen LogP contribution in [-0.4, -0.2) is 72.0 Å². The molecular weight excluding hydrogens is 484 g/mol. The Morgan fingerprint density at radius 1 is 1.08 bits per heavy atom. The van der Waals surface area contributed by atoms with E-state index in [9.17, 15) is 19.2 Å². The number of carbonyl (C=O) groups is 4. The van der Waals surface area contributed by atoms with Crippen LogP contribution in [-0.2, 0) is 29.3 Å². The highest BCUT2D eigenvalue weighted by Crippen LogP contribution is 2.61. The minimum atomic E-state index is -0.638. The monoisotopic (exact) mass is 522 g/mol. The molecule has 1 N–H and O–H groups in total. The van der Waals surface area contributed by atoms with Crippen LogP contribution in [0.25, 0.3) is 0 Å². The smallest absolute Gasteiger partial charge is 0.309 e. The molecule has 2 atom stereocenters. The third-order valence-electron chi connectivity index (χ3n) is 9.00. The molecule has 1 spiro atoms. The summed E-state index contributed by atoms with van der Waals surface area (Å²) in [6.45, 7) is 10.5. The molecule has 0 radical (unpaired) electrons. The summed E-state index contributed by atoms with van der Waals surface area (Å²) in [5.74, 6) is -0.746. The lowest BCUT2D eigenvalue weighted by Crippen LogP contribution is -2.59. The molecule has 6 rings (SSSR count). The number of ether oxygens (including phenoxy) is 1. The number of nitrogens with zero attached hydrogens (tertiary/aromatic N) is 3. The van der Waals surface area contributed by atoms with Gasteiger partial charge in [-0.25, -0.2) is 0 Å². The van der Waals surface area contributed by atoms with Crippen LogP contribution < -0.4 is 15.1 Å². The zero-order chi connectivity index (χ0) is 27.0. The third-order valence-corrected chi connectivity index (χ3v) is 9.00. The molecule has 1 aromatic rings. The maximum Gasteiger partial charge on any atom is 0.309 e. The van der Waals surface area contributed by atoms with Crippen molar-refractivity contribution in [1.82, 2.24) is 10.2 Å². The van der Waals surface area contributed by atoms with Crippen molar-refractivity contribution in [2.45, 2.75) is 95.4 Å². The summed E-state index contributed by atoms with van der Waals surface area (Å²) in [7, 11) is 0. The first-order valence-corrected chi connectivity index (χ1v) is 14.0. The highest BCUT2D eigenvalue weighted by atomic mass is 16.6. The number of nitrogens with one attached hydrogen (secondary N) is 1. The van der Waals surface area contributed by atoms with Crippen molar-refractivity contribution >= 4 is 35.1 Å². The van der Waals surface area contributed by atoms with Crippen LogP contribution in [0.1, 0.15) is 71.8 Å². The number of hydrogen-bond donors (Lipinski definition) is 1. The number of anilines is 2. The molecule has 0 aromatic heterocycles. The number of amides is 3. The van der Waals surface area contributed by atoms with E-state index in [-0.39, 0.29) is 36.0 Å². The minimum Gasteiger partial charge on any atom is -0.460 e. The Hall–Kier alpha value is -2.94. The van der Waals surface area contributed by atoms with Crippen molar-refractivity contribution in [3.8, 4) is 0 Å². The lowest BCUT2D eigenvalue weighted by atomic mass is 9.78. The maximum absolute atomic E-state index is 13.7. The van der Waals surface area contributed by atoms with E-state index in [0.717, 1.165) is 62.3 Å². The quantitative estimate of drug-likeness (QED) is 0.479. The van der Waals surface area contributed by atoms with Crippen LogP contribution in [0.15, 0.2) is 18.2 Å². The number of hydrogen-bond acceptors (Lipinski definition) is 7.